The number of rotatable bonds is 4. The predicted molar refractivity (Wildman–Crippen MR) is 69.8 cm³/mol. The molecule has 2 heteroatoms. The zero-order chi connectivity index (χ0) is 11.6. The zero-order valence-electron chi connectivity index (χ0n) is 10.3. The molecular formula is C14H22OS. The van der Waals surface area contributed by atoms with Gasteiger partial charge in [-0.2, -0.15) is 11.3 Å². The van der Waals surface area contributed by atoms with Crippen molar-refractivity contribution in [1.29, 1.82) is 0 Å². The van der Waals surface area contributed by atoms with Crippen LogP contribution in [0, 0.1) is 11.3 Å². The van der Waals surface area contributed by atoms with Gasteiger partial charge in [0, 0.05) is 0 Å². The maximum absolute atomic E-state index is 10.3. The summed E-state index contributed by atoms with van der Waals surface area (Å²) in [6.45, 7) is 4.61. The summed E-state index contributed by atoms with van der Waals surface area (Å²) in [5.41, 5.74) is 1.72. The van der Waals surface area contributed by atoms with Crippen LogP contribution in [0.5, 0.6) is 0 Å². The quantitative estimate of drug-likeness (QED) is 0.844. The Morgan fingerprint density at radius 1 is 1.56 bits per heavy atom. The molecule has 1 N–H and O–H groups in total. The summed E-state index contributed by atoms with van der Waals surface area (Å²) in [4.78, 5) is 0. The van der Waals surface area contributed by atoms with Crippen LogP contribution in [0.25, 0.3) is 0 Å². The van der Waals surface area contributed by atoms with Crippen LogP contribution in [0.15, 0.2) is 16.8 Å². The molecule has 0 radical (unpaired) electrons. The van der Waals surface area contributed by atoms with Gasteiger partial charge in [0.25, 0.3) is 0 Å². The topological polar surface area (TPSA) is 20.2 Å². The minimum Gasteiger partial charge on any atom is -0.393 e. The van der Waals surface area contributed by atoms with Gasteiger partial charge >= 0.3 is 0 Å². The second-order valence-corrected chi connectivity index (χ2v) is 6.50. The lowest BCUT2D eigenvalue weighted by Gasteiger charge is -2.31. The number of hydrogen-bond donors (Lipinski definition) is 1. The molecule has 2 atom stereocenters. The summed E-state index contributed by atoms with van der Waals surface area (Å²) in [7, 11) is 0. The first-order chi connectivity index (χ1) is 7.59. The molecular weight excluding hydrogens is 216 g/mol. The van der Waals surface area contributed by atoms with Crippen LogP contribution < -0.4 is 0 Å². The van der Waals surface area contributed by atoms with E-state index in [0.717, 1.165) is 12.8 Å². The van der Waals surface area contributed by atoms with E-state index >= 15 is 0 Å². The van der Waals surface area contributed by atoms with E-state index in [9.17, 15) is 5.11 Å². The van der Waals surface area contributed by atoms with Gasteiger partial charge in [0.15, 0.2) is 0 Å². The van der Waals surface area contributed by atoms with Crippen molar-refractivity contribution in [2.75, 3.05) is 0 Å². The van der Waals surface area contributed by atoms with E-state index in [1.165, 1.54) is 24.8 Å². The monoisotopic (exact) mass is 238 g/mol. The Hall–Kier alpha value is -0.340. The van der Waals surface area contributed by atoms with Crippen molar-refractivity contribution in [2.45, 2.75) is 52.1 Å². The minimum atomic E-state index is -0.114. The summed E-state index contributed by atoms with van der Waals surface area (Å²) in [6, 6.07) is 2.16. The maximum Gasteiger partial charge on any atom is 0.0576 e. The largest absolute Gasteiger partial charge is 0.393 e. The predicted octanol–water partition coefficient (Wildman–Crippen LogP) is 3.87. The van der Waals surface area contributed by atoms with Crippen LogP contribution >= 0.6 is 11.3 Å². The van der Waals surface area contributed by atoms with E-state index in [1.54, 1.807) is 11.3 Å². The van der Waals surface area contributed by atoms with Gasteiger partial charge in [0.1, 0.15) is 0 Å². The average Bonchev–Trinajstić information content (AvgIpc) is 2.83. The van der Waals surface area contributed by atoms with E-state index in [2.05, 4.69) is 30.7 Å². The van der Waals surface area contributed by atoms with Crippen LogP contribution in [0.1, 0.15) is 45.1 Å². The Bertz CT molecular complexity index is 315. The normalized spacial score (nSPS) is 25.8. The van der Waals surface area contributed by atoms with Crippen molar-refractivity contribution < 1.29 is 5.11 Å². The summed E-state index contributed by atoms with van der Waals surface area (Å²) in [6.07, 6.45) is 5.60. The van der Waals surface area contributed by atoms with Gasteiger partial charge < -0.3 is 5.11 Å². The van der Waals surface area contributed by atoms with E-state index in [0.29, 0.717) is 11.3 Å². The van der Waals surface area contributed by atoms with E-state index in [4.69, 9.17) is 0 Å². The Labute approximate surface area is 103 Å². The fourth-order valence-electron chi connectivity index (χ4n) is 3.02. The molecule has 1 aromatic rings. The first kappa shape index (κ1) is 12.1. The molecule has 0 aliphatic heterocycles. The van der Waals surface area contributed by atoms with Crippen molar-refractivity contribution in [3.8, 4) is 0 Å². The second kappa shape index (κ2) is 4.89. The van der Waals surface area contributed by atoms with Crippen LogP contribution in [0.4, 0.5) is 0 Å². The third-order valence-corrected chi connectivity index (χ3v) is 4.85. The fraction of sp³-hybridized carbons (Fsp3) is 0.714. The highest BCUT2D eigenvalue weighted by Gasteiger charge is 2.38. The van der Waals surface area contributed by atoms with Crippen molar-refractivity contribution in [3.05, 3.63) is 22.4 Å². The summed E-state index contributed by atoms with van der Waals surface area (Å²) < 4.78 is 0. The lowest BCUT2D eigenvalue weighted by atomic mass is 9.77. The summed E-state index contributed by atoms with van der Waals surface area (Å²) in [5.74, 6) is 0.506. The Balaban J connectivity index is 1.86. The lowest BCUT2D eigenvalue weighted by molar-refractivity contribution is 0.0478. The van der Waals surface area contributed by atoms with Crippen LogP contribution in [-0.2, 0) is 6.42 Å². The van der Waals surface area contributed by atoms with Gasteiger partial charge in [-0.05, 0) is 59.4 Å². The molecule has 1 nitrogen and oxygen atoms in total. The van der Waals surface area contributed by atoms with Crippen LogP contribution in [0.3, 0.4) is 0 Å². The molecule has 0 bridgehead atoms. The number of thiophene rings is 1. The van der Waals surface area contributed by atoms with Gasteiger partial charge in [-0.25, -0.2) is 0 Å². The van der Waals surface area contributed by atoms with Gasteiger partial charge in [-0.3, -0.25) is 0 Å². The first-order valence-electron chi connectivity index (χ1n) is 6.29. The zero-order valence-corrected chi connectivity index (χ0v) is 11.1. The maximum atomic E-state index is 10.3. The third kappa shape index (κ3) is 2.67. The molecule has 90 valence electrons. The van der Waals surface area contributed by atoms with E-state index < -0.39 is 0 Å². The van der Waals surface area contributed by atoms with Crippen molar-refractivity contribution >= 4 is 11.3 Å². The second-order valence-electron chi connectivity index (χ2n) is 5.72. The highest BCUT2D eigenvalue weighted by Crippen LogP contribution is 2.45. The molecule has 1 aliphatic carbocycles. The summed E-state index contributed by atoms with van der Waals surface area (Å²) in [5, 5.41) is 14.6. The highest BCUT2D eigenvalue weighted by molar-refractivity contribution is 7.07. The molecule has 1 aromatic heterocycles. The lowest BCUT2D eigenvalue weighted by Crippen LogP contribution is -2.30. The van der Waals surface area contributed by atoms with E-state index in [1.807, 2.05) is 0 Å². The number of hydrogen-bond acceptors (Lipinski definition) is 2. The van der Waals surface area contributed by atoms with Crippen LogP contribution in [0.2, 0.25) is 0 Å². The molecule has 0 aromatic carbocycles. The molecule has 0 spiro atoms. The molecule has 1 heterocycles. The molecule has 1 aliphatic rings. The molecule has 1 fully saturated rings. The first-order valence-corrected chi connectivity index (χ1v) is 7.23. The standard InChI is InChI=1S/C14H22OS/c1-14(2)8-3-4-12(14)13(15)6-5-11-7-9-16-10-11/h7,9-10,12-13,15H,3-6,8H2,1-2H3. The third-order valence-electron chi connectivity index (χ3n) is 4.11. The number of aryl methyl sites for hydroxylation is 1. The summed E-state index contributed by atoms with van der Waals surface area (Å²) >= 11 is 1.74. The smallest absolute Gasteiger partial charge is 0.0576 e. The number of aliphatic hydroxyl groups is 1. The molecule has 1 saturated carbocycles. The van der Waals surface area contributed by atoms with Crippen molar-refractivity contribution in [2.24, 2.45) is 11.3 Å². The Kier molecular flexibility index (Phi) is 3.70. The number of aliphatic hydroxyl groups excluding tert-OH is 1. The SMILES string of the molecule is CC1(C)CCCC1C(O)CCc1ccsc1. The van der Waals surface area contributed by atoms with Crippen molar-refractivity contribution in [1.82, 2.24) is 0 Å². The Morgan fingerprint density at radius 2 is 2.38 bits per heavy atom. The van der Waals surface area contributed by atoms with Gasteiger partial charge in [-0.15, -0.1) is 0 Å². The van der Waals surface area contributed by atoms with E-state index in [-0.39, 0.29) is 6.10 Å². The van der Waals surface area contributed by atoms with Crippen molar-refractivity contribution in [3.63, 3.8) is 0 Å². The van der Waals surface area contributed by atoms with Crippen LogP contribution in [-0.4, -0.2) is 11.2 Å². The molecule has 0 saturated heterocycles. The highest BCUT2D eigenvalue weighted by atomic mass is 32.1. The minimum absolute atomic E-state index is 0.114. The van der Waals surface area contributed by atoms with Gasteiger partial charge in [0.05, 0.1) is 6.10 Å². The average molecular weight is 238 g/mol. The molecule has 0 amide bonds. The molecule has 16 heavy (non-hydrogen) atoms. The fourth-order valence-corrected chi connectivity index (χ4v) is 3.72. The van der Waals surface area contributed by atoms with Gasteiger partial charge in [-0.1, -0.05) is 20.3 Å². The Morgan fingerprint density at radius 3 is 2.94 bits per heavy atom. The molecule has 2 unspecified atom stereocenters. The van der Waals surface area contributed by atoms with Gasteiger partial charge in [0.2, 0.25) is 0 Å². The molecule has 2 rings (SSSR count).